The van der Waals surface area contributed by atoms with Crippen molar-refractivity contribution in [3.8, 4) is 11.6 Å². The van der Waals surface area contributed by atoms with Crippen LogP contribution in [0.1, 0.15) is 48.7 Å². The number of hydrogen-bond acceptors (Lipinski definition) is 4. The molecule has 0 aliphatic carbocycles. The van der Waals surface area contributed by atoms with Gasteiger partial charge in [-0.1, -0.05) is 30.7 Å². The van der Waals surface area contributed by atoms with Crippen molar-refractivity contribution >= 4 is 11.7 Å². The van der Waals surface area contributed by atoms with Gasteiger partial charge >= 0.3 is 5.97 Å². The first-order valence-electron chi connectivity index (χ1n) is 9.21. The summed E-state index contributed by atoms with van der Waals surface area (Å²) in [7, 11) is 0. The molecule has 0 fully saturated rings. The molecule has 2 aromatic carbocycles. The van der Waals surface area contributed by atoms with Crippen molar-refractivity contribution in [1.29, 1.82) is 0 Å². The number of carbonyl (C=O) groups excluding carboxylic acids is 1. The summed E-state index contributed by atoms with van der Waals surface area (Å²) in [5.74, 6) is -0.451. The molecule has 5 nitrogen and oxygen atoms in total. The van der Waals surface area contributed by atoms with Crippen LogP contribution in [0.5, 0.6) is 5.88 Å². The average Bonchev–Trinajstić information content (AvgIpc) is 3.04. The Labute approximate surface area is 162 Å². The van der Waals surface area contributed by atoms with Crippen molar-refractivity contribution in [3.05, 3.63) is 77.0 Å². The molecule has 1 atom stereocenters. The van der Waals surface area contributed by atoms with E-state index in [4.69, 9.17) is 9.73 Å². The number of aliphatic imine (C=N–C) groups is 1. The molecule has 0 spiro atoms. The average molecular weight is 377 g/mol. The molecule has 0 saturated carbocycles. The lowest BCUT2D eigenvalue weighted by Gasteiger charge is -2.13. The van der Waals surface area contributed by atoms with Crippen LogP contribution in [0.15, 0.2) is 53.8 Å². The molecule has 142 valence electrons. The molecule has 2 heterocycles. The van der Waals surface area contributed by atoms with E-state index in [-0.39, 0.29) is 30.1 Å². The van der Waals surface area contributed by atoms with Gasteiger partial charge in [-0.15, -0.1) is 0 Å². The first kappa shape index (κ1) is 18.1. The molecule has 1 unspecified atom stereocenters. The van der Waals surface area contributed by atoms with Crippen LogP contribution < -0.4 is 4.74 Å². The van der Waals surface area contributed by atoms with Crippen molar-refractivity contribution in [1.82, 2.24) is 9.55 Å². The number of aromatic nitrogens is 2. The standard InChI is InChI=1S/C22H20FN3O2/c1-4-19(27)28-22-21-14(3)25-20(15-7-5-6-8-17(15)23)16-11-13(2)9-10-18(16)26(21)12-24-22/h5-12,14H,4H2,1-3H3. The summed E-state index contributed by atoms with van der Waals surface area (Å²) in [6.07, 6.45) is 1.87. The number of fused-ring (bicyclic) bond motifs is 3. The third-order valence-corrected chi connectivity index (χ3v) is 4.78. The van der Waals surface area contributed by atoms with Crippen LogP contribution in [0.4, 0.5) is 4.39 Å². The van der Waals surface area contributed by atoms with Gasteiger partial charge in [0.15, 0.2) is 0 Å². The number of nitrogens with zero attached hydrogens (tertiary/aromatic N) is 3. The Bertz CT molecular complexity index is 1100. The molecule has 4 rings (SSSR count). The van der Waals surface area contributed by atoms with Gasteiger partial charge in [0.05, 0.1) is 17.4 Å². The molecular formula is C22H20FN3O2. The SMILES string of the molecule is CCC(=O)Oc1ncn2c1C(C)N=C(c1ccccc1F)c1cc(C)ccc1-2. The first-order chi connectivity index (χ1) is 13.5. The minimum atomic E-state index is -0.385. The van der Waals surface area contributed by atoms with Crippen LogP contribution in [0, 0.1) is 12.7 Å². The van der Waals surface area contributed by atoms with Gasteiger partial charge in [0.25, 0.3) is 0 Å². The molecule has 1 aliphatic heterocycles. The van der Waals surface area contributed by atoms with Gasteiger partial charge in [0, 0.05) is 17.5 Å². The van der Waals surface area contributed by atoms with Crippen molar-refractivity contribution in [2.45, 2.75) is 33.2 Å². The van der Waals surface area contributed by atoms with Crippen LogP contribution in [-0.4, -0.2) is 21.2 Å². The second-order valence-corrected chi connectivity index (χ2v) is 6.79. The summed E-state index contributed by atoms with van der Waals surface area (Å²) >= 11 is 0. The highest BCUT2D eigenvalue weighted by Gasteiger charge is 2.28. The zero-order chi connectivity index (χ0) is 19.8. The highest BCUT2D eigenvalue weighted by molar-refractivity contribution is 6.15. The normalized spacial score (nSPS) is 15.3. The van der Waals surface area contributed by atoms with Crippen LogP contribution in [0.2, 0.25) is 0 Å². The lowest BCUT2D eigenvalue weighted by molar-refractivity contribution is -0.134. The fourth-order valence-electron chi connectivity index (χ4n) is 3.41. The Morgan fingerprint density at radius 1 is 1.21 bits per heavy atom. The number of aryl methyl sites for hydroxylation is 1. The number of hydrogen-bond donors (Lipinski definition) is 0. The highest BCUT2D eigenvalue weighted by Crippen LogP contribution is 2.36. The summed E-state index contributed by atoms with van der Waals surface area (Å²) in [5.41, 5.74) is 4.34. The molecule has 0 amide bonds. The zero-order valence-electron chi connectivity index (χ0n) is 15.9. The molecular weight excluding hydrogens is 357 g/mol. The zero-order valence-corrected chi connectivity index (χ0v) is 15.9. The van der Waals surface area contributed by atoms with E-state index in [1.54, 1.807) is 31.5 Å². The summed E-state index contributed by atoms with van der Waals surface area (Å²) in [6.45, 7) is 5.60. The van der Waals surface area contributed by atoms with Gasteiger partial charge in [-0.05, 0) is 38.1 Å². The van der Waals surface area contributed by atoms with E-state index in [9.17, 15) is 9.18 Å². The first-order valence-corrected chi connectivity index (χ1v) is 9.21. The van der Waals surface area contributed by atoms with E-state index in [1.165, 1.54) is 6.07 Å². The van der Waals surface area contributed by atoms with E-state index in [2.05, 4.69) is 4.98 Å². The second-order valence-electron chi connectivity index (χ2n) is 6.79. The predicted molar refractivity (Wildman–Crippen MR) is 105 cm³/mol. The molecule has 0 N–H and O–H groups in total. The lowest BCUT2D eigenvalue weighted by Crippen LogP contribution is -2.09. The minimum Gasteiger partial charge on any atom is -0.405 e. The number of esters is 1. The van der Waals surface area contributed by atoms with Crippen LogP contribution >= 0.6 is 0 Å². The number of halogens is 1. The van der Waals surface area contributed by atoms with Crippen molar-refractivity contribution in [2.75, 3.05) is 0 Å². The number of ether oxygens (including phenoxy) is 1. The Morgan fingerprint density at radius 2 is 2.00 bits per heavy atom. The quantitative estimate of drug-likeness (QED) is 0.630. The number of imidazole rings is 1. The molecule has 1 aromatic heterocycles. The van der Waals surface area contributed by atoms with Crippen molar-refractivity contribution < 1.29 is 13.9 Å². The molecule has 0 radical (unpaired) electrons. The number of carbonyl (C=O) groups is 1. The summed E-state index contributed by atoms with van der Waals surface area (Å²) in [6, 6.07) is 12.1. The third-order valence-electron chi connectivity index (χ3n) is 4.78. The molecule has 28 heavy (non-hydrogen) atoms. The Kier molecular flexibility index (Phi) is 4.55. The maximum atomic E-state index is 14.6. The summed E-state index contributed by atoms with van der Waals surface area (Å²) in [4.78, 5) is 20.9. The van der Waals surface area contributed by atoms with E-state index in [0.29, 0.717) is 17.0 Å². The van der Waals surface area contributed by atoms with Crippen molar-refractivity contribution in [2.24, 2.45) is 4.99 Å². The maximum absolute atomic E-state index is 14.6. The highest BCUT2D eigenvalue weighted by atomic mass is 19.1. The fraction of sp³-hybridized carbons (Fsp3) is 0.227. The maximum Gasteiger partial charge on any atom is 0.312 e. The van der Waals surface area contributed by atoms with Crippen LogP contribution in [0.25, 0.3) is 5.69 Å². The largest absolute Gasteiger partial charge is 0.405 e. The van der Waals surface area contributed by atoms with E-state index < -0.39 is 0 Å². The van der Waals surface area contributed by atoms with Gasteiger partial charge in [-0.25, -0.2) is 9.37 Å². The van der Waals surface area contributed by atoms with Gasteiger partial charge in [-0.3, -0.25) is 14.4 Å². The third kappa shape index (κ3) is 3.01. The molecule has 3 aromatic rings. The molecule has 6 heteroatoms. The van der Waals surface area contributed by atoms with Gasteiger partial charge < -0.3 is 4.74 Å². The van der Waals surface area contributed by atoms with Gasteiger partial charge in [0.2, 0.25) is 5.88 Å². The van der Waals surface area contributed by atoms with E-state index in [0.717, 1.165) is 16.8 Å². The monoisotopic (exact) mass is 377 g/mol. The van der Waals surface area contributed by atoms with Gasteiger partial charge in [0.1, 0.15) is 17.8 Å². The van der Waals surface area contributed by atoms with Gasteiger partial charge in [-0.2, -0.15) is 0 Å². The molecule has 0 saturated heterocycles. The fourth-order valence-corrected chi connectivity index (χ4v) is 3.41. The lowest BCUT2D eigenvalue weighted by atomic mass is 9.98. The van der Waals surface area contributed by atoms with Crippen LogP contribution in [-0.2, 0) is 4.79 Å². The summed E-state index contributed by atoms with van der Waals surface area (Å²) in [5, 5.41) is 0. The molecule has 1 aliphatic rings. The summed E-state index contributed by atoms with van der Waals surface area (Å²) < 4.78 is 21.9. The Morgan fingerprint density at radius 3 is 2.75 bits per heavy atom. The smallest absolute Gasteiger partial charge is 0.312 e. The van der Waals surface area contributed by atoms with E-state index >= 15 is 0 Å². The predicted octanol–water partition coefficient (Wildman–Crippen LogP) is 4.55. The topological polar surface area (TPSA) is 56.5 Å². The van der Waals surface area contributed by atoms with Crippen LogP contribution in [0.3, 0.4) is 0 Å². The number of benzene rings is 2. The van der Waals surface area contributed by atoms with Crippen molar-refractivity contribution in [3.63, 3.8) is 0 Å². The second kappa shape index (κ2) is 7.03. The molecule has 0 bridgehead atoms. The Hall–Kier alpha value is -3.28. The van der Waals surface area contributed by atoms with E-state index in [1.807, 2.05) is 36.6 Å². The number of rotatable bonds is 3. The minimum absolute atomic E-state index is 0.240. The Balaban J connectivity index is 1.97.